The van der Waals surface area contributed by atoms with Crippen LogP contribution in [0.1, 0.15) is 11.1 Å². The molecule has 1 aromatic heterocycles. The fourth-order valence-corrected chi connectivity index (χ4v) is 5.87. The molecule has 8 heteroatoms. The molecule has 0 N–H and O–H groups in total. The summed E-state index contributed by atoms with van der Waals surface area (Å²) in [6.45, 7) is 0. The summed E-state index contributed by atoms with van der Waals surface area (Å²) in [5.41, 5.74) is 3.30. The largest absolute Gasteiger partial charge is 1.00 e. The summed E-state index contributed by atoms with van der Waals surface area (Å²) in [6, 6.07) is 16.2. The molecule has 0 amide bonds. The first-order chi connectivity index (χ1) is 11.4. The number of hydrogen-bond donors (Lipinski definition) is 0. The van der Waals surface area contributed by atoms with Gasteiger partial charge in [0.15, 0.2) is 0 Å². The third kappa shape index (κ3) is 5.30. The normalized spacial score (nSPS) is 11.1. The van der Waals surface area contributed by atoms with Gasteiger partial charge in [-0.2, -0.15) is 0 Å². The van der Waals surface area contributed by atoms with E-state index in [0.29, 0.717) is 0 Å². The summed E-state index contributed by atoms with van der Waals surface area (Å²) in [7, 11) is -1.10. The molecule has 124 valence electrons. The van der Waals surface area contributed by atoms with Crippen LogP contribution in [0.4, 0.5) is 0 Å². The van der Waals surface area contributed by atoms with Crippen LogP contribution in [0.15, 0.2) is 59.5 Å². The molecule has 25 heavy (non-hydrogen) atoms. The SMILES string of the molecule is O=S(=O)([O-])c1ccc(CCc2c(-c3ccccc3)ssc2=S)cc1.[Na+]. The van der Waals surface area contributed by atoms with E-state index in [-0.39, 0.29) is 34.5 Å². The summed E-state index contributed by atoms with van der Waals surface area (Å²) in [5, 5.41) is 0. The van der Waals surface area contributed by atoms with E-state index in [2.05, 4.69) is 12.1 Å². The molecule has 0 radical (unpaired) electrons. The van der Waals surface area contributed by atoms with Crippen LogP contribution in [-0.2, 0) is 23.0 Å². The second-order valence-electron chi connectivity index (χ2n) is 5.23. The Bertz CT molecular complexity index is 990. The molecule has 0 atom stereocenters. The van der Waals surface area contributed by atoms with Crippen LogP contribution in [0.5, 0.6) is 0 Å². The predicted octanol–water partition coefficient (Wildman–Crippen LogP) is 1.90. The van der Waals surface area contributed by atoms with Crippen molar-refractivity contribution in [1.82, 2.24) is 0 Å². The molecule has 3 nitrogen and oxygen atoms in total. The topological polar surface area (TPSA) is 57.2 Å². The van der Waals surface area contributed by atoms with E-state index in [1.807, 2.05) is 18.2 Å². The van der Waals surface area contributed by atoms with E-state index in [4.69, 9.17) is 12.2 Å². The van der Waals surface area contributed by atoms with E-state index in [9.17, 15) is 13.0 Å². The molecule has 3 rings (SSSR count). The van der Waals surface area contributed by atoms with Gasteiger partial charge >= 0.3 is 29.6 Å². The fourth-order valence-electron chi connectivity index (χ4n) is 2.39. The van der Waals surface area contributed by atoms with E-state index < -0.39 is 10.1 Å². The molecule has 0 aliphatic heterocycles. The van der Waals surface area contributed by atoms with Gasteiger partial charge in [0.1, 0.15) is 13.9 Å². The van der Waals surface area contributed by atoms with Gasteiger partial charge in [-0.05, 0) is 36.1 Å². The molecular formula is C17H13NaO3S4. The van der Waals surface area contributed by atoms with Crippen molar-refractivity contribution in [3.63, 3.8) is 0 Å². The average molecular weight is 417 g/mol. The number of benzene rings is 2. The Hall–Kier alpha value is -0.380. The molecule has 0 saturated carbocycles. The first-order valence-corrected chi connectivity index (χ1v) is 11.1. The van der Waals surface area contributed by atoms with Crippen molar-refractivity contribution in [2.75, 3.05) is 0 Å². The smallest absolute Gasteiger partial charge is 0.744 e. The van der Waals surface area contributed by atoms with E-state index in [0.717, 1.165) is 33.4 Å². The Morgan fingerprint density at radius 2 is 1.56 bits per heavy atom. The summed E-state index contributed by atoms with van der Waals surface area (Å²) in [5.74, 6) is 0. The van der Waals surface area contributed by atoms with Gasteiger partial charge < -0.3 is 4.55 Å². The maximum atomic E-state index is 11.0. The van der Waals surface area contributed by atoms with Gasteiger partial charge in [0.25, 0.3) is 0 Å². The predicted molar refractivity (Wildman–Crippen MR) is 100 cm³/mol. The van der Waals surface area contributed by atoms with Gasteiger partial charge in [0.2, 0.25) is 0 Å². The summed E-state index contributed by atoms with van der Waals surface area (Å²) < 4.78 is 33.8. The third-order valence-electron chi connectivity index (χ3n) is 3.63. The standard InChI is InChI=1S/C17H14O3S4.Na/c18-24(19,20)14-9-6-12(7-10-14)8-11-15-16(22-23-17(15)21)13-4-2-1-3-5-13;/h1-7,9-10H,8,11H2,(H,18,19,20);/q;+1/p-1. The number of aryl methyl sites for hydroxylation is 1. The minimum atomic E-state index is -4.39. The summed E-state index contributed by atoms with van der Waals surface area (Å²) in [6.07, 6.45) is 1.53. The van der Waals surface area contributed by atoms with Gasteiger partial charge in [0, 0.05) is 5.56 Å². The van der Waals surface area contributed by atoms with Gasteiger partial charge in [-0.1, -0.05) is 75.4 Å². The van der Waals surface area contributed by atoms with E-state index in [1.54, 1.807) is 32.8 Å². The van der Waals surface area contributed by atoms with Crippen LogP contribution in [0.25, 0.3) is 10.4 Å². The minimum Gasteiger partial charge on any atom is -0.744 e. The van der Waals surface area contributed by atoms with Crippen LogP contribution in [-0.4, -0.2) is 13.0 Å². The van der Waals surface area contributed by atoms with Gasteiger partial charge in [-0.25, -0.2) is 8.42 Å². The van der Waals surface area contributed by atoms with E-state index in [1.165, 1.54) is 17.0 Å². The minimum absolute atomic E-state index is 0. The van der Waals surface area contributed by atoms with E-state index >= 15 is 0 Å². The third-order valence-corrected chi connectivity index (χ3v) is 7.68. The van der Waals surface area contributed by atoms with Crippen molar-refractivity contribution in [2.24, 2.45) is 0 Å². The first-order valence-electron chi connectivity index (χ1n) is 7.17. The number of hydrogen-bond acceptors (Lipinski definition) is 6. The second kappa shape index (κ2) is 9.01. The van der Waals surface area contributed by atoms with Crippen molar-refractivity contribution in [2.45, 2.75) is 17.7 Å². The zero-order valence-electron chi connectivity index (χ0n) is 13.5. The molecule has 0 saturated heterocycles. The van der Waals surface area contributed by atoms with Gasteiger partial charge in [-0.3, -0.25) is 0 Å². The van der Waals surface area contributed by atoms with Crippen molar-refractivity contribution in [3.05, 3.63) is 69.5 Å². The Morgan fingerprint density at radius 3 is 2.16 bits per heavy atom. The molecule has 0 unspecified atom stereocenters. The molecule has 0 aliphatic carbocycles. The molecule has 1 heterocycles. The Morgan fingerprint density at radius 1 is 0.920 bits per heavy atom. The Labute approximate surface area is 181 Å². The van der Waals surface area contributed by atoms with Crippen LogP contribution in [0.3, 0.4) is 0 Å². The molecule has 0 spiro atoms. The van der Waals surface area contributed by atoms with Crippen molar-refractivity contribution < 1.29 is 42.5 Å². The van der Waals surface area contributed by atoms with Crippen LogP contribution in [0, 0.1) is 3.82 Å². The summed E-state index contributed by atoms with van der Waals surface area (Å²) in [4.78, 5) is 1.00. The molecule has 0 aliphatic rings. The molecule has 0 bridgehead atoms. The quantitative estimate of drug-likeness (QED) is 0.276. The van der Waals surface area contributed by atoms with Gasteiger partial charge in [0.05, 0.1) is 9.77 Å². The zero-order valence-corrected chi connectivity index (χ0v) is 18.7. The first kappa shape index (κ1) is 20.9. The molecule has 0 fully saturated rings. The van der Waals surface area contributed by atoms with Crippen LogP contribution in [0.2, 0.25) is 0 Å². The Balaban J connectivity index is 0.00000225. The Kier molecular flexibility index (Phi) is 7.54. The van der Waals surface area contributed by atoms with Crippen molar-refractivity contribution in [3.8, 4) is 10.4 Å². The summed E-state index contributed by atoms with van der Waals surface area (Å²) >= 11 is 5.47. The fraction of sp³-hybridized carbons (Fsp3) is 0.118. The maximum absolute atomic E-state index is 11.0. The zero-order chi connectivity index (χ0) is 17.2. The number of rotatable bonds is 5. The molecule has 2 aromatic carbocycles. The van der Waals surface area contributed by atoms with Crippen LogP contribution >= 0.6 is 32.9 Å². The monoisotopic (exact) mass is 416 g/mol. The average Bonchev–Trinajstić information content (AvgIpc) is 2.94. The van der Waals surface area contributed by atoms with Crippen molar-refractivity contribution >= 4 is 43.0 Å². The van der Waals surface area contributed by atoms with Crippen molar-refractivity contribution in [1.29, 1.82) is 0 Å². The van der Waals surface area contributed by atoms with Crippen LogP contribution < -0.4 is 29.6 Å². The second-order valence-corrected chi connectivity index (χ2v) is 9.42. The maximum Gasteiger partial charge on any atom is 1.00 e. The van der Waals surface area contributed by atoms with Gasteiger partial charge in [-0.15, -0.1) is 0 Å². The molecule has 3 aromatic rings. The molecular weight excluding hydrogens is 403 g/mol.